The Balaban J connectivity index is 2.02. The standard InChI is InChI=1S/C20H15F2NO/c1-3-15(24)9-13-4-7-19(23-11-13)16-6-5-14-8-12(2)18(21)10-17(14)20(16)22/h1,4-8,10-11,15,24H,9H2,2H3. The third kappa shape index (κ3) is 2.99. The second kappa shape index (κ2) is 6.38. The summed E-state index contributed by atoms with van der Waals surface area (Å²) in [7, 11) is 0. The summed E-state index contributed by atoms with van der Waals surface area (Å²) in [6, 6.07) is 9.61. The van der Waals surface area contributed by atoms with Gasteiger partial charge in [-0.1, -0.05) is 18.1 Å². The molecule has 0 saturated heterocycles. The van der Waals surface area contributed by atoms with Gasteiger partial charge in [-0.15, -0.1) is 6.42 Å². The van der Waals surface area contributed by atoms with Crippen LogP contribution in [0, 0.1) is 30.9 Å². The predicted octanol–water partition coefficient (Wildman–Crippen LogP) is 4.03. The first-order chi connectivity index (χ1) is 11.5. The number of benzene rings is 2. The number of aryl methyl sites for hydroxylation is 1. The average molecular weight is 323 g/mol. The van der Waals surface area contributed by atoms with Crippen LogP contribution in [0.4, 0.5) is 8.78 Å². The number of terminal acetylenes is 1. The maximum absolute atomic E-state index is 14.8. The monoisotopic (exact) mass is 323 g/mol. The Labute approximate surface area is 138 Å². The maximum Gasteiger partial charge on any atom is 0.140 e. The van der Waals surface area contributed by atoms with Gasteiger partial charge in [-0.25, -0.2) is 8.78 Å². The second-order valence-electron chi connectivity index (χ2n) is 5.69. The molecule has 0 fully saturated rings. The summed E-state index contributed by atoms with van der Waals surface area (Å²) in [6.45, 7) is 1.64. The van der Waals surface area contributed by atoms with E-state index in [2.05, 4.69) is 10.9 Å². The van der Waals surface area contributed by atoms with Crippen molar-refractivity contribution in [3.8, 4) is 23.6 Å². The van der Waals surface area contributed by atoms with Crippen molar-refractivity contribution >= 4 is 10.8 Å². The van der Waals surface area contributed by atoms with Crippen LogP contribution in [0.5, 0.6) is 0 Å². The molecule has 1 N–H and O–H groups in total. The number of aliphatic hydroxyl groups excluding tert-OH is 1. The fraction of sp³-hybridized carbons (Fsp3) is 0.150. The first-order valence-electron chi connectivity index (χ1n) is 7.47. The number of nitrogens with zero attached hydrogens (tertiary/aromatic N) is 1. The van der Waals surface area contributed by atoms with Crippen molar-refractivity contribution in [1.82, 2.24) is 4.98 Å². The van der Waals surface area contributed by atoms with Crippen LogP contribution in [0.15, 0.2) is 42.6 Å². The van der Waals surface area contributed by atoms with Gasteiger partial charge in [0.1, 0.15) is 17.7 Å². The van der Waals surface area contributed by atoms with Crippen molar-refractivity contribution in [1.29, 1.82) is 0 Å². The van der Waals surface area contributed by atoms with E-state index in [1.807, 2.05) is 0 Å². The van der Waals surface area contributed by atoms with Gasteiger partial charge in [-0.3, -0.25) is 4.98 Å². The van der Waals surface area contributed by atoms with Gasteiger partial charge in [0.2, 0.25) is 0 Å². The van der Waals surface area contributed by atoms with Gasteiger partial charge in [0.15, 0.2) is 0 Å². The van der Waals surface area contributed by atoms with Crippen LogP contribution >= 0.6 is 0 Å². The van der Waals surface area contributed by atoms with Crippen molar-refractivity contribution in [2.75, 3.05) is 0 Å². The summed E-state index contributed by atoms with van der Waals surface area (Å²) in [5, 5.41) is 10.3. The highest BCUT2D eigenvalue weighted by Gasteiger charge is 2.13. The second-order valence-corrected chi connectivity index (χ2v) is 5.69. The molecule has 0 aliphatic rings. The summed E-state index contributed by atoms with van der Waals surface area (Å²) < 4.78 is 28.5. The Morgan fingerprint density at radius 1 is 1.21 bits per heavy atom. The van der Waals surface area contributed by atoms with Gasteiger partial charge < -0.3 is 5.11 Å². The zero-order valence-electron chi connectivity index (χ0n) is 13.1. The van der Waals surface area contributed by atoms with E-state index in [-0.39, 0.29) is 11.8 Å². The molecule has 3 aromatic rings. The Bertz CT molecular complexity index is 942. The van der Waals surface area contributed by atoms with Gasteiger partial charge in [-0.05, 0) is 47.7 Å². The molecule has 0 aliphatic carbocycles. The topological polar surface area (TPSA) is 33.1 Å². The van der Waals surface area contributed by atoms with Crippen molar-refractivity contribution in [2.45, 2.75) is 19.4 Å². The lowest BCUT2D eigenvalue weighted by molar-refractivity contribution is 0.233. The Hall–Kier alpha value is -2.77. The molecule has 120 valence electrons. The highest BCUT2D eigenvalue weighted by atomic mass is 19.1. The molecule has 1 atom stereocenters. The number of hydrogen-bond donors (Lipinski definition) is 1. The van der Waals surface area contributed by atoms with Crippen molar-refractivity contribution in [3.63, 3.8) is 0 Å². The Morgan fingerprint density at radius 3 is 2.67 bits per heavy atom. The van der Waals surface area contributed by atoms with E-state index in [1.54, 1.807) is 43.5 Å². The van der Waals surface area contributed by atoms with Gasteiger partial charge >= 0.3 is 0 Å². The van der Waals surface area contributed by atoms with Crippen LogP contribution in [0.2, 0.25) is 0 Å². The summed E-state index contributed by atoms with van der Waals surface area (Å²) in [5.41, 5.74) is 1.97. The van der Waals surface area contributed by atoms with Gasteiger partial charge in [0.05, 0.1) is 5.69 Å². The molecule has 24 heavy (non-hydrogen) atoms. The van der Waals surface area contributed by atoms with Gasteiger partial charge in [0.25, 0.3) is 0 Å². The highest BCUT2D eigenvalue weighted by molar-refractivity contribution is 5.88. The van der Waals surface area contributed by atoms with E-state index < -0.39 is 17.7 Å². The molecule has 4 heteroatoms. The molecular formula is C20H15F2NO. The molecule has 0 amide bonds. The first-order valence-corrected chi connectivity index (χ1v) is 7.47. The zero-order valence-corrected chi connectivity index (χ0v) is 13.1. The quantitative estimate of drug-likeness (QED) is 0.738. The fourth-order valence-corrected chi connectivity index (χ4v) is 2.61. The van der Waals surface area contributed by atoms with E-state index in [4.69, 9.17) is 6.42 Å². The smallest absolute Gasteiger partial charge is 0.140 e. The normalized spacial score (nSPS) is 12.1. The van der Waals surface area contributed by atoms with E-state index in [1.165, 1.54) is 6.07 Å². The third-order valence-corrected chi connectivity index (χ3v) is 3.96. The predicted molar refractivity (Wildman–Crippen MR) is 90.4 cm³/mol. The minimum Gasteiger partial charge on any atom is -0.380 e. The number of hydrogen-bond acceptors (Lipinski definition) is 2. The van der Waals surface area contributed by atoms with Crippen LogP contribution in [0.25, 0.3) is 22.0 Å². The number of rotatable bonds is 3. The Morgan fingerprint density at radius 2 is 2.00 bits per heavy atom. The molecule has 0 radical (unpaired) electrons. The number of aromatic nitrogens is 1. The van der Waals surface area contributed by atoms with Crippen LogP contribution in [0.1, 0.15) is 11.1 Å². The van der Waals surface area contributed by atoms with Gasteiger partial charge in [0, 0.05) is 23.6 Å². The van der Waals surface area contributed by atoms with E-state index in [9.17, 15) is 13.9 Å². The SMILES string of the molecule is C#CC(O)Cc1ccc(-c2ccc3cc(C)c(F)cc3c2F)nc1. The molecule has 1 aromatic heterocycles. The van der Waals surface area contributed by atoms with Crippen LogP contribution < -0.4 is 0 Å². The molecule has 1 unspecified atom stereocenters. The molecule has 2 aromatic carbocycles. The van der Waals surface area contributed by atoms with Crippen molar-refractivity contribution in [2.24, 2.45) is 0 Å². The summed E-state index contributed by atoms with van der Waals surface area (Å²) in [5.74, 6) is 1.29. The first kappa shape index (κ1) is 16.1. The summed E-state index contributed by atoms with van der Waals surface area (Å²) in [4.78, 5) is 4.23. The minimum atomic E-state index is -0.874. The lowest BCUT2D eigenvalue weighted by Crippen LogP contribution is -2.07. The van der Waals surface area contributed by atoms with E-state index in [0.29, 0.717) is 22.2 Å². The maximum atomic E-state index is 14.8. The minimum absolute atomic E-state index is 0.226. The molecule has 1 heterocycles. The van der Waals surface area contributed by atoms with Gasteiger partial charge in [-0.2, -0.15) is 0 Å². The summed E-state index contributed by atoms with van der Waals surface area (Å²) >= 11 is 0. The summed E-state index contributed by atoms with van der Waals surface area (Å²) in [6.07, 6.45) is 6.10. The molecule has 2 nitrogen and oxygen atoms in total. The lowest BCUT2D eigenvalue weighted by atomic mass is 10.0. The fourth-order valence-electron chi connectivity index (χ4n) is 2.61. The van der Waals surface area contributed by atoms with Crippen LogP contribution in [-0.2, 0) is 6.42 Å². The number of halogens is 2. The van der Waals surface area contributed by atoms with Crippen LogP contribution in [-0.4, -0.2) is 16.2 Å². The Kier molecular flexibility index (Phi) is 4.28. The van der Waals surface area contributed by atoms with Crippen LogP contribution in [0.3, 0.4) is 0 Å². The number of aliphatic hydroxyl groups is 1. The largest absolute Gasteiger partial charge is 0.380 e. The number of fused-ring (bicyclic) bond motifs is 1. The lowest BCUT2D eigenvalue weighted by Gasteiger charge is -2.09. The highest BCUT2D eigenvalue weighted by Crippen LogP contribution is 2.29. The van der Waals surface area contributed by atoms with E-state index >= 15 is 0 Å². The molecule has 0 saturated carbocycles. The number of pyridine rings is 1. The average Bonchev–Trinajstić information content (AvgIpc) is 2.58. The molecular weight excluding hydrogens is 308 g/mol. The molecule has 3 rings (SSSR count). The van der Waals surface area contributed by atoms with Crippen molar-refractivity contribution in [3.05, 3.63) is 65.4 Å². The van der Waals surface area contributed by atoms with E-state index in [0.717, 1.165) is 5.56 Å². The third-order valence-electron chi connectivity index (χ3n) is 3.96. The molecule has 0 spiro atoms. The molecule has 0 bridgehead atoms. The van der Waals surface area contributed by atoms with Crippen molar-refractivity contribution < 1.29 is 13.9 Å². The molecule has 0 aliphatic heterocycles. The zero-order chi connectivity index (χ0) is 17.3.